The molecule has 0 amide bonds. The molecule has 0 saturated heterocycles. The van der Waals surface area contributed by atoms with Crippen LogP contribution in [0.1, 0.15) is 5.69 Å². The summed E-state index contributed by atoms with van der Waals surface area (Å²) in [6, 6.07) is 4.83. The average molecular weight is 283 g/mol. The van der Waals surface area contributed by atoms with Gasteiger partial charge in [0.15, 0.2) is 0 Å². The van der Waals surface area contributed by atoms with Gasteiger partial charge in [0.1, 0.15) is 0 Å². The van der Waals surface area contributed by atoms with Crippen LogP contribution in [-0.2, 0) is 7.05 Å². The van der Waals surface area contributed by atoms with Crippen molar-refractivity contribution in [3.05, 3.63) is 52.6 Å². The normalized spacial score (nSPS) is 10.8. The Balaban J connectivity index is 2.14. The Kier molecular flexibility index (Phi) is 3.02. The van der Waals surface area contributed by atoms with Crippen LogP contribution in [-0.4, -0.2) is 19.7 Å². The van der Waals surface area contributed by atoms with Gasteiger partial charge in [0.25, 0.3) is 5.69 Å². The highest BCUT2D eigenvalue weighted by Gasteiger charge is 2.15. The summed E-state index contributed by atoms with van der Waals surface area (Å²) in [4.78, 5) is 14.8. The van der Waals surface area contributed by atoms with Crippen molar-refractivity contribution >= 4 is 27.8 Å². The standard InChI is InChI=1S/C14H13N5O2/c1-9-13(8-18(2)17-9)16-12-3-4-14(19(20)21)10-5-6-15-7-11(10)12/h3-8,16H,1-2H3. The quantitative estimate of drug-likeness (QED) is 0.590. The minimum absolute atomic E-state index is 0.0702. The molecule has 0 fully saturated rings. The Morgan fingerprint density at radius 1 is 1.24 bits per heavy atom. The van der Waals surface area contributed by atoms with Crippen LogP contribution in [0.2, 0.25) is 0 Å². The molecule has 7 nitrogen and oxygen atoms in total. The Hall–Kier alpha value is -2.96. The number of nitro benzene ring substituents is 1. The topological polar surface area (TPSA) is 85.9 Å². The lowest BCUT2D eigenvalue weighted by Gasteiger charge is -2.08. The molecule has 3 aromatic rings. The summed E-state index contributed by atoms with van der Waals surface area (Å²) in [6.07, 6.45) is 5.03. The van der Waals surface area contributed by atoms with E-state index in [0.717, 1.165) is 17.1 Å². The monoisotopic (exact) mass is 283 g/mol. The third-order valence-corrected chi connectivity index (χ3v) is 3.27. The molecule has 106 valence electrons. The third-order valence-electron chi connectivity index (χ3n) is 3.27. The van der Waals surface area contributed by atoms with E-state index in [9.17, 15) is 10.1 Å². The number of aryl methyl sites for hydroxylation is 2. The van der Waals surface area contributed by atoms with Crippen LogP contribution in [0.4, 0.5) is 17.1 Å². The van der Waals surface area contributed by atoms with Crippen LogP contribution in [0.25, 0.3) is 10.8 Å². The second kappa shape index (κ2) is 4.86. The number of nitrogens with one attached hydrogen (secondary N) is 1. The van der Waals surface area contributed by atoms with Gasteiger partial charge in [-0.15, -0.1) is 0 Å². The molecular formula is C14H13N5O2. The minimum atomic E-state index is -0.387. The molecule has 1 aromatic carbocycles. The van der Waals surface area contributed by atoms with Crippen LogP contribution in [0, 0.1) is 17.0 Å². The van der Waals surface area contributed by atoms with Crippen molar-refractivity contribution in [1.29, 1.82) is 0 Å². The molecule has 0 aliphatic carbocycles. The first-order valence-corrected chi connectivity index (χ1v) is 6.34. The molecule has 2 aromatic heterocycles. The summed E-state index contributed by atoms with van der Waals surface area (Å²) in [7, 11) is 1.84. The van der Waals surface area contributed by atoms with Crippen LogP contribution < -0.4 is 5.32 Å². The second-order valence-corrected chi connectivity index (χ2v) is 4.74. The van der Waals surface area contributed by atoms with E-state index in [1.807, 2.05) is 20.2 Å². The van der Waals surface area contributed by atoms with Gasteiger partial charge in [0.2, 0.25) is 0 Å². The van der Waals surface area contributed by atoms with Crippen LogP contribution in [0.5, 0.6) is 0 Å². The van der Waals surface area contributed by atoms with Crippen molar-refractivity contribution in [3.8, 4) is 0 Å². The molecule has 0 radical (unpaired) electrons. The molecule has 3 rings (SSSR count). The van der Waals surface area contributed by atoms with Gasteiger partial charge in [-0.1, -0.05) is 0 Å². The lowest BCUT2D eigenvalue weighted by molar-refractivity contribution is -0.383. The Labute approximate surface area is 120 Å². The molecule has 0 atom stereocenters. The van der Waals surface area contributed by atoms with Crippen molar-refractivity contribution in [2.75, 3.05) is 5.32 Å². The smallest absolute Gasteiger partial charge is 0.277 e. The van der Waals surface area contributed by atoms with Crippen molar-refractivity contribution in [2.45, 2.75) is 6.92 Å². The first kappa shape index (κ1) is 13.0. The molecule has 0 bridgehead atoms. The summed E-state index contributed by atoms with van der Waals surface area (Å²) in [6.45, 7) is 1.90. The zero-order valence-corrected chi connectivity index (χ0v) is 11.6. The molecule has 0 aliphatic rings. The molecule has 0 unspecified atom stereocenters. The van der Waals surface area contributed by atoms with Crippen molar-refractivity contribution in [1.82, 2.24) is 14.8 Å². The van der Waals surface area contributed by atoms with E-state index >= 15 is 0 Å². The van der Waals surface area contributed by atoms with Gasteiger partial charge in [-0.25, -0.2) is 0 Å². The summed E-state index contributed by atoms with van der Waals surface area (Å²) in [5.74, 6) is 0. The number of hydrogen-bond donors (Lipinski definition) is 1. The zero-order chi connectivity index (χ0) is 15.0. The van der Waals surface area contributed by atoms with Crippen LogP contribution in [0.3, 0.4) is 0 Å². The highest BCUT2D eigenvalue weighted by Crippen LogP contribution is 2.32. The highest BCUT2D eigenvalue weighted by molar-refractivity contribution is 6.00. The SMILES string of the molecule is Cc1nn(C)cc1Nc1ccc([N+](=O)[O-])c2ccncc12. The predicted molar refractivity (Wildman–Crippen MR) is 79.6 cm³/mol. The maximum atomic E-state index is 11.1. The maximum Gasteiger partial charge on any atom is 0.277 e. The number of rotatable bonds is 3. The molecule has 1 N–H and O–H groups in total. The number of fused-ring (bicyclic) bond motifs is 1. The van der Waals surface area contributed by atoms with Gasteiger partial charge >= 0.3 is 0 Å². The van der Waals surface area contributed by atoms with E-state index in [1.54, 1.807) is 29.2 Å². The number of nitrogens with zero attached hydrogens (tertiary/aromatic N) is 4. The summed E-state index contributed by atoms with van der Waals surface area (Å²) < 4.78 is 1.71. The van der Waals surface area contributed by atoms with Gasteiger partial charge in [-0.2, -0.15) is 5.10 Å². The lowest BCUT2D eigenvalue weighted by atomic mass is 10.1. The number of hydrogen-bond acceptors (Lipinski definition) is 5. The van der Waals surface area contributed by atoms with E-state index in [-0.39, 0.29) is 10.6 Å². The number of benzene rings is 1. The maximum absolute atomic E-state index is 11.1. The number of nitro groups is 1. The largest absolute Gasteiger partial charge is 0.352 e. The fourth-order valence-corrected chi connectivity index (χ4v) is 2.31. The van der Waals surface area contributed by atoms with E-state index < -0.39 is 0 Å². The molecule has 0 aliphatic heterocycles. The molecule has 7 heteroatoms. The van der Waals surface area contributed by atoms with Gasteiger partial charge in [0.05, 0.1) is 21.7 Å². The number of anilines is 2. The van der Waals surface area contributed by atoms with Crippen molar-refractivity contribution in [3.63, 3.8) is 0 Å². The van der Waals surface area contributed by atoms with Crippen molar-refractivity contribution < 1.29 is 4.92 Å². The Morgan fingerprint density at radius 2 is 2.05 bits per heavy atom. The van der Waals surface area contributed by atoms with E-state index in [1.165, 1.54) is 6.07 Å². The fraction of sp³-hybridized carbons (Fsp3) is 0.143. The summed E-state index contributed by atoms with van der Waals surface area (Å²) in [5.41, 5.74) is 2.55. The molecule has 2 heterocycles. The first-order chi connectivity index (χ1) is 10.1. The number of pyridine rings is 1. The van der Waals surface area contributed by atoms with E-state index in [4.69, 9.17) is 0 Å². The van der Waals surface area contributed by atoms with Crippen LogP contribution >= 0.6 is 0 Å². The van der Waals surface area contributed by atoms with Gasteiger partial charge in [-0.05, 0) is 19.1 Å². The lowest BCUT2D eigenvalue weighted by Crippen LogP contribution is -1.95. The zero-order valence-electron chi connectivity index (χ0n) is 11.6. The first-order valence-electron chi connectivity index (χ1n) is 6.34. The van der Waals surface area contributed by atoms with Gasteiger partial charge in [0, 0.05) is 42.8 Å². The summed E-state index contributed by atoms with van der Waals surface area (Å²) in [5, 5.41) is 19.9. The Bertz CT molecular complexity index is 840. The summed E-state index contributed by atoms with van der Waals surface area (Å²) >= 11 is 0. The molecule has 0 saturated carbocycles. The van der Waals surface area contributed by atoms with Gasteiger partial charge in [-0.3, -0.25) is 19.8 Å². The van der Waals surface area contributed by atoms with Crippen LogP contribution in [0.15, 0.2) is 36.8 Å². The van der Waals surface area contributed by atoms with E-state index in [2.05, 4.69) is 15.4 Å². The molecule has 0 spiro atoms. The molecule has 21 heavy (non-hydrogen) atoms. The van der Waals surface area contributed by atoms with Crippen molar-refractivity contribution in [2.24, 2.45) is 7.05 Å². The highest BCUT2D eigenvalue weighted by atomic mass is 16.6. The number of aromatic nitrogens is 3. The molecular weight excluding hydrogens is 270 g/mol. The second-order valence-electron chi connectivity index (χ2n) is 4.74. The number of non-ortho nitro benzene ring substituents is 1. The minimum Gasteiger partial charge on any atom is -0.352 e. The average Bonchev–Trinajstić information content (AvgIpc) is 2.77. The fourth-order valence-electron chi connectivity index (χ4n) is 2.31. The van der Waals surface area contributed by atoms with E-state index in [0.29, 0.717) is 10.8 Å². The predicted octanol–water partition coefficient (Wildman–Crippen LogP) is 2.93. The van der Waals surface area contributed by atoms with Gasteiger partial charge < -0.3 is 5.32 Å². The Morgan fingerprint density at radius 3 is 2.71 bits per heavy atom. The third kappa shape index (κ3) is 2.29.